The van der Waals surface area contributed by atoms with Crippen LogP contribution in [0.3, 0.4) is 0 Å². The molecule has 25 heavy (non-hydrogen) atoms. The first kappa shape index (κ1) is 16.8. The van der Waals surface area contributed by atoms with Crippen LogP contribution in [-0.2, 0) is 13.0 Å². The number of aromatic nitrogens is 3. The molecule has 0 fully saturated rings. The molecule has 0 amide bonds. The molecule has 0 saturated heterocycles. The van der Waals surface area contributed by atoms with Gasteiger partial charge in [0.1, 0.15) is 5.82 Å². The zero-order valence-electron chi connectivity index (χ0n) is 14.4. The number of benzene rings is 1. The van der Waals surface area contributed by atoms with Crippen LogP contribution < -0.4 is 10.6 Å². The average Bonchev–Trinajstić information content (AvgIpc) is 3.29. The number of aromatic amines is 1. The fourth-order valence-corrected chi connectivity index (χ4v) is 2.45. The van der Waals surface area contributed by atoms with Crippen molar-refractivity contribution in [3.63, 3.8) is 0 Å². The third-order valence-corrected chi connectivity index (χ3v) is 3.69. The molecule has 0 aliphatic heterocycles. The summed E-state index contributed by atoms with van der Waals surface area (Å²) in [5.74, 6) is 2.79. The van der Waals surface area contributed by atoms with E-state index in [1.165, 1.54) is 11.1 Å². The van der Waals surface area contributed by atoms with Gasteiger partial charge in [-0.25, -0.2) is 4.98 Å². The van der Waals surface area contributed by atoms with Crippen LogP contribution in [0.1, 0.15) is 17.0 Å². The zero-order valence-corrected chi connectivity index (χ0v) is 14.4. The van der Waals surface area contributed by atoms with E-state index in [0.29, 0.717) is 24.6 Å². The Morgan fingerprint density at radius 1 is 1.24 bits per heavy atom. The van der Waals surface area contributed by atoms with E-state index in [2.05, 4.69) is 62.0 Å². The maximum Gasteiger partial charge on any atom is 0.216 e. The number of aryl methyl sites for hydroxylation is 1. The Morgan fingerprint density at radius 3 is 2.92 bits per heavy atom. The van der Waals surface area contributed by atoms with E-state index in [-0.39, 0.29) is 0 Å². The Balaban J connectivity index is 1.45. The number of nitrogens with one attached hydrogen (secondary N) is 3. The second-order valence-electron chi connectivity index (χ2n) is 5.67. The third-order valence-electron chi connectivity index (χ3n) is 3.69. The molecule has 2 heterocycles. The molecule has 3 N–H and O–H groups in total. The zero-order chi connectivity index (χ0) is 17.5. The summed E-state index contributed by atoms with van der Waals surface area (Å²) in [6.07, 6.45) is 2.32. The topological polar surface area (TPSA) is 91.1 Å². The molecule has 3 aromatic rings. The van der Waals surface area contributed by atoms with Gasteiger partial charge in [0.15, 0.2) is 11.7 Å². The van der Waals surface area contributed by atoms with E-state index >= 15 is 0 Å². The summed E-state index contributed by atoms with van der Waals surface area (Å²) in [6, 6.07) is 12.1. The predicted molar refractivity (Wildman–Crippen MR) is 97.2 cm³/mol. The van der Waals surface area contributed by atoms with Gasteiger partial charge >= 0.3 is 0 Å². The van der Waals surface area contributed by atoms with Crippen molar-refractivity contribution in [3.05, 3.63) is 59.6 Å². The fourth-order valence-electron chi connectivity index (χ4n) is 2.45. The third kappa shape index (κ3) is 4.69. The van der Waals surface area contributed by atoms with Crippen molar-refractivity contribution >= 4 is 5.96 Å². The Bertz CT molecular complexity index is 822. The van der Waals surface area contributed by atoms with Crippen molar-refractivity contribution in [2.75, 3.05) is 13.6 Å². The van der Waals surface area contributed by atoms with Gasteiger partial charge < -0.3 is 15.1 Å². The van der Waals surface area contributed by atoms with Gasteiger partial charge in [0.2, 0.25) is 5.82 Å². The second kappa shape index (κ2) is 8.14. The number of hydrogen-bond donors (Lipinski definition) is 3. The highest BCUT2D eigenvalue weighted by atomic mass is 16.3. The summed E-state index contributed by atoms with van der Waals surface area (Å²) >= 11 is 0. The molecule has 7 nitrogen and oxygen atoms in total. The van der Waals surface area contributed by atoms with Crippen molar-refractivity contribution < 1.29 is 4.42 Å². The van der Waals surface area contributed by atoms with Gasteiger partial charge in [-0.15, -0.1) is 0 Å². The molecular formula is C18H22N6O. The van der Waals surface area contributed by atoms with Crippen molar-refractivity contribution in [1.29, 1.82) is 0 Å². The smallest absolute Gasteiger partial charge is 0.216 e. The van der Waals surface area contributed by atoms with Gasteiger partial charge in [0.05, 0.1) is 6.26 Å². The minimum atomic E-state index is 0.571. The lowest BCUT2D eigenvalue weighted by Gasteiger charge is -2.11. The highest BCUT2D eigenvalue weighted by molar-refractivity contribution is 5.79. The lowest BCUT2D eigenvalue weighted by molar-refractivity contribution is 0.577. The molecular weight excluding hydrogens is 316 g/mol. The molecule has 3 rings (SSSR count). The minimum Gasteiger partial charge on any atom is -0.461 e. The van der Waals surface area contributed by atoms with Crippen molar-refractivity contribution in [1.82, 2.24) is 25.8 Å². The molecule has 0 unspecified atom stereocenters. The minimum absolute atomic E-state index is 0.571. The van der Waals surface area contributed by atoms with Crippen LogP contribution in [0.4, 0.5) is 0 Å². The first-order chi connectivity index (χ1) is 12.2. The molecule has 0 atom stereocenters. The number of furan rings is 1. The standard InChI is InChI=1S/C18H22N6O/c1-13-5-3-6-14(11-13)12-21-18(19-2)20-9-8-16-22-17(24-23-16)15-7-4-10-25-15/h3-7,10-11H,8-9,12H2,1-2H3,(H2,19,20,21)(H,22,23,24). The van der Waals surface area contributed by atoms with Crippen LogP contribution in [-0.4, -0.2) is 34.7 Å². The number of hydrogen-bond acceptors (Lipinski definition) is 4. The summed E-state index contributed by atoms with van der Waals surface area (Å²) in [6.45, 7) is 3.51. The van der Waals surface area contributed by atoms with E-state index in [1.54, 1.807) is 13.3 Å². The molecule has 2 aromatic heterocycles. The Kier molecular flexibility index (Phi) is 5.46. The molecule has 0 saturated carbocycles. The maximum atomic E-state index is 5.29. The molecule has 0 bridgehead atoms. The van der Waals surface area contributed by atoms with Gasteiger partial charge in [0, 0.05) is 26.6 Å². The normalized spacial score (nSPS) is 11.5. The van der Waals surface area contributed by atoms with Gasteiger partial charge in [-0.3, -0.25) is 10.1 Å². The quantitative estimate of drug-likeness (QED) is 0.474. The fraction of sp³-hybridized carbons (Fsp3) is 0.278. The first-order valence-corrected chi connectivity index (χ1v) is 8.20. The Hall–Kier alpha value is -3.09. The van der Waals surface area contributed by atoms with Crippen LogP contribution in [0.2, 0.25) is 0 Å². The van der Waals surface area contributed by atoms with Gasteiger partial charge in [-0.05, 0) is 24.6 Å². The SMILES string of the molecule is CN=C(NCCc1nc(-c2ccco2)n[nH]1)NCc1cccc(C)c1. The Morgan fingerprint density at radius 2 is 2.16 bits per heavy atom. The molecule has 1 aromatic carbocycles. The number of H-pyrrole nitrogens is 1. The molecule has 0 radical (unpaired) electrons. The highest BCUT2D eigenvalue weighted by Crippen LogP contribution is 2.14. The van der Waals surface area contributed by atoms with Crippen molar-refractivity contribution in [2.45, 2.75) is 19.9 Å². The maximum absolute atomic E-state index is 5.29. The van der Waals surface area contributed by atoms with E-state index in [4.69, 9.17) is 4.42 Å². The monoisotopic (exact) mass is 338 g/mol. The lowest BCUT2D eigenvalue weighted by Crippen LogP contribution is -2.37. The molecule has 0 aliphatic rings. The first-order valence-electron chi connectivity index (χ1n) is 8.20. The van der Waals surface area contributed by atoms with Crippen LogP contribution in [0.15, 0.2) is 52.1 Å². The summed E-state index contributed by atoms with van der Waals surface area (Å²) < 4.78 is 5.29. The van der Waals surface area contributed by atoms with Gasteiger partial charge in [-0.1, -0.05) is 29.8 Å². The van der Waals surface area contributed by atoms with E-state index in [1.807, 2.05) is 12.1 Å². The second-order valence-corrected chi connectivity index (χ2v) is 5.67. The van der Waals surface area contributed by atoms with Crippen LogP contribution in [0.5, 0.6) is 0 Å². The van der Waals surface area contributed by atoms with E-state index < -0.39 is 0 Å². The lowest BCUT2D eigenvalue weighted by atomic mass is 10.1. The van der Waals surface area contributed by atoms with Crippen molar-refractivity contribution in [2.24, 2.45) is 4.99 Å². The Labute approximate surface area is 146 Å². The van der Waals surface area contributed by atoms with Gasteiger partial charge in [0.25, 0.3) is 0 Å². The summed E-state index contributed by atoms with van der Waals surface area (Å²) in [4.78, 5) is 8.65. The molecule has 130 valence electrons. The van der Waals surface area contributed by atoms with Crippen molar-refractivity contribution in [3.8, 4) is 11.6 Å². The van der Waals surface area contributed by atoms with E-state index in [9.17, 15) is 0 Å². The van der Waals surface area contributed by atoms with Crippen LogP contribution in [0.25, 0.3) is 11.6 Å². The highest BCUT2D eigenvalue weighted by Gasteiger charge is 2.08. The number of nitrogens with zero attached hydrogens (tertiary/aromatic N) is 3. The molecule has 0 spiro atoms. The van der Waals surface area contributed by atoms with E-state index in [0.717, 1.165) is 18.3 Å². The number of guanidine groups is 1. The largest absolute Gasteiger partial charge is 0.461 e. The summed E-state index contributed by atoms with van der Waals surface area (Å²) in [5, 5.41) is 13.7. The molecule has 7 heteroatoms. The predicted octanol–water partition coefficient (Wildman–Crippen LogP) is 2.28. The van der Waals surface area contributed by atoms with Gasteiger partial charge in [-0.2, -0.15) is 5.10 Å². The van der Waals surface area contributed by atoms with Crippen LogP contribution in [0, 0.1) is 6.92 Å². The molecule has 0 aliphatic carbocycles. The summed E-state index contributed by atoms with van der Waals surface area (Å²) in [5.41, 5.74) is 2.47. The number of aliphatic imine (C=N–C) groups is 1. The number of rotatable bonds is 6. The van der Waals surface area contributed by atoms with Crippen LogP contribution >= 0.6 is 0 Å². The summed E-state index contributed by atoms with van der Waals surface area (Å²) in [7, 11) is 1.76. The average molecular weight is 338 g/mol.